The van der Waals surface area contributed by atoms with E-state index in [1.807, 2.05) is 41.5 Å². The Morgan fingerprint density at radius 2 is 1.70 bits per heavy atom. The number of rotatable bonds is 7. The first-order valence-corrected chi connectivity index (χ1v) is 8.16. The van der Waals surface area contributed by atoms with Gasteiger partial charge in [0.15, 0.2) is 5.78 Å². The van der Waals surface area contributed by atoms with E-state index in [2.05, 4.69) is 4.98 Å². The van der Waals surface area contributed by atoms with Crippen LogP contribution in [0.5, 0.6) is 0 Å². The third kappa shape index (κ3) is 5.66. The maximum Gasteiger partial charge on any atom is 0.411 e. The molecule has 0 bridgehead atoms. The molecule has 0 fully saturated rings. The lowest BCUT2D eigenvalue weighted by Gasteiger charge is -2.31. The third-order valence-corrected chi connectivity index (χ3v) is 3.40. The maximum atomic E-state index is 12.5. The summed E-state index contributed by atoms with van der Waals surface area (Å²) in [5.41, 5.74) is 0.471. The van der Waals surface area contributed by atoms with E-state index in [-0.39, 0.29) is 23.8 Å². The number of pyridine rings is 1. The van der Waals surface area contributed by atoms with Gasteiger partial charge < -0.3 is 9.64 Å². The first kappa shape index (κ1) is 19.1. The molecule has 0 aliphatic heterocycles. The van der Waals surface area contributed by atoms with Crippen molar-refractivity contribution in [3.63, 3.8) is 0 Å². The van der Waals surface area contributed by atoms with Crippen molar-refractivity contribution in [3.05, 3.63) is 30.1 Å². The minimum Gasteiger partial charge on any atom is -0.431 e. The molecule has 5 heteroatoms. The molecule has 5 nitrogen and oxygen atoms in total. The average Bonchev–Trinajstić information content (AvgIpc) is 2.44. The molecule has 1 unspecified atom stereocenters. The zero-order valence-electron chi connectivity index (χ0n) is 14.9. The van der Waals surface area contributed by atoms with E-state index in [0.717, 1.165) is 0 Å². The lowest BCUT2D eigenvalue weighted by Crippen LogP contribution is -2.43. The van der Waals surface area contributed by atoms with E-state index >= 15 is 0 Å². The number of ether oxygens (including phenoxy) is 1. The van der Waals surface area contributed by atoms with Crippen LogP contribution >= 0.6 is 0 Å². The van der Waals surface area contributed by atoms with Gasteiger partial charge in [0.2, 0.25) is 6.10 Å². The van der Waals surface area contributed by atoms with Crippen LogP contribution in [0.25, 0.3) is 0 Å². The summed E-state index contributed by atoms with van der Waals surface area (Å²) in [5.74, 6) is 0.0678. The molecule has 1 aromatic heterocycles. The van der Waals surface area contributed by atoms with Gasteiger partial charge in [0.25, 0.3) is 0 Å². The van der Waals surface area contributed by atoms with Gasteiger partial charge in [-0.1, -0.05) is 19.9 Å². The van der Waals surface area contributed by atoms with Crippen molar-refractivity contribution in [2.45, 2.75) is 66.2 Å². The number of aromatic nitrogens is 1. The van der Waals surface area contributed by atoms with Gasteiger partial charge in [-0.2, -0.15) is 0 Å². The van der Waals surface area contributed by atoms with Crippen molar-refractivity contribution in [2.75, 3.05) is 0 Å². The Labute approximate surface area is 139 Å². The largest absolute Gasteiger partial charge is 0.431 e. The van der Waals surface area contributed by atoms with Gasteiger partial charge in [-0.3, -0.25) is 9.78 Å². The van der Waals surface area contributed by atoms with Crippen LogP contribution in [0.4, 0.5) is 4.79 Å². The lowest BCUT2D eigenvalue weighted by molar-refractivity contribution is -0.129. The monoisotopic (exact) mass is 320 g/mol. The van der Waals surface area contributed by atoms with Gasteiger partial charge >= 0.3 is 6.09 Å². The van der Waals surface area contributed by atoms with E-state index in [9.17, 15) is 9.59 Å². The summed E-state index contributed by atoms with van der Waals surface area (Å²) in [5, 5.41) is 0. The summed E-state index contributed by atoms with van der Waals surface area (Å²) in [4.78, 5) is 30.9. The lowest BCUT2D eigenvalue weighted by atomic mass is 10.0. The van der Waals surface area contributed by atoms with Crippen molar-refractivity contribution in [2.24, 2.45) is 5.92 Å². The fourth-order valence-corrected chi connectivity index (χ4v) is 2.51. The highest BCUT2D eigenvalue weighted by atomic mass is 16.6. The summed E-state index contributed by atoms with van der Waals surface area (Å²) < 4.78 is 5.56. The molecule has 1 aromatic rings. The standard InChI is InChI=1S/C18H28N2O3/c1-12(2)11-16(21)17(15-9-7-8-10-19-15)23-18(22)20(13(3)4)14(5)6/h7-10,12-14,17H,11H2,1-6H3. The molecule has 0 saturated carbocycles. The average molecular weight is 320 g/mol. The van der Waals surface area contributed by atoms with E-state index < -0.39 is 12.2 Å². The molecule has 0 radical (unpaired) electrons. The van der Waals surface area contributed by atoms with Crippen LogP contribution < -0.4 is 0 Å². The Morgan fingerprint density at radius 1 is 1.09 bits per heavy atom. The smallest absolute Gasteiger partial charge is 0.411 e. The highest BCUT2D eigenvalue weighted by Gasteiger charge is 2.30. The minimum absolute atomic E-state index is 0.00733. The molecule has 128 valence electrons. The third-order valence-electron chi connectivity index (χ3n) is 3.40. The number of hydrogen-bond acceptors (Lipinski definition) is 4. The maximum absolute atomic E-state index is 12.5. The number of Topliss-reactive ketones (excluding diaryl/α,β-unsaturated/α-hetero) is 1. The van der Waals surface area contributed by atoms with E-state index in [1.54, 1.807) is 29.3 Å². The van der Waals surface area contributed by atoms with Crippen LogP contribution in [-0.2, 0) is 9.53 Å². The van der Waals surface area contributed by atoms with Crippen LogP contribution in [0, 0.1) is 5.92 Å². The van der Waals surface area contributed by atoms with E-state index in [1.165, 1.54) is 0 Å². The molecule has 0 saturated heterocycles. The van der Waals surface area contributed by atoms with Crippen LogP contribution in [-0.4, -0.2) is 33.8 Å². The molecule has 0 N–H and O–H groups in total. The van der Waals surface area contributed by atoms with E-state index in [0.29, 0.717) is 12.1 Å². The fourth-order valence-electron chi connectivity index (χ4n) is 2.51. The SMILES string of the molecule is CC(C)CC(=O)C(OC(=O)N(C(C)C)C(C)C)c1ccccn1. The van der Waals surface area contributed by atoms with Crippen LogP contribution in [0.2, 0.25) is 0 Å². The van der Waals surface area contributed by atoms with Crippen molar-refractivity contribution < 1.29 is 14.3 Å². The predicted octanol–water partition coefficient (Wildman–Crippen LogP) is 3.99. The van der Waals surface area contributed by atoms with E-state index in [4.69, 9.17) is 4.74 Å². The predicted molar refractivity (Wildman–Crippen MR) is 90.0 cm³/mol. The van der Waals surface area contributed by atoms with Gasteiger partial charge in [0.05, 0.1) is 5.69 Å². The second kappa shape index (κ2) is 8.65. The zero-order chi connectivity index (χ0) is 17.6. The van der Waals surface area contributed by atoms with Crippen molar-refractivity contribution in [3.8, 4) is 0 Å². The van der Waals surface area contributed by atoms with Gasteiger partial charge in [-0.25, -0.2) is 4.79 Å². The summed E-state index contributed by atoms with van der Waals surface area (Å²) in [6.07, 6.45) is 0.508. The van der Waals surface area contributed by atoms with Crippen molar-refractivity contribution in [1.29, 1.82) is 0 Å². The summed E-state index contributed by atoms with van der Waals surface area (Å²) in [6.45, 7) is 11.6. The Morgan fingerprint density at radius 3 is 2.13 bits per heavy atom. The molecule has 1 heterocycles. The van der Waals surface area contributed by atoms with Gasteiger partial charge in [0.1, 0.15) is 0 Å². The molecular weight excluding hydrogens is 292 g/mol. The molecule has 0 aliphatic carbocycles. The first-order valence-electron chi connectivity index (χ1n) is 8.16. The quantitative estimate of drug-likeness (QED) is 0.762. The number of nitrogens with zero attached hydrogens (tertiary/aromatic N) is 2. The Kier molecular flexibility index (Phi) is 7.20. The Hall–Kier alpha value is -1.91. The van der Waals surface area contributed by atoms with Crippen molar-refractivity contribution in [1.82, 2.24) is 9.88 Å². The van der Waals surface area contributed by atoms with Crippen molar-refractivity contribution >= 4 is 11.9 Å². The molecule has 23 heavy (non-hydrogen) atoms. The molecule has 1 rings (SSSR count). The number of ketones is 1. The number of carbonyl (C=O) groups is 2. The Balaban J connectivity index is 3.01. The zero-order valence-corrected chi connectivity index (χ0v) is 14.9. The van der Waals surface area contributed by atoms with Crippen LogP contribution in [0.1, 0.15) is 59.8 Å². The number of carbonyl (C=O) groups excluding carboxylic acids is 2. The fraction of sp³-hybridized carbons (Fsp3) is 0.611. The second-order valence-corrected chi connectivity index (χ2v) is 6.68. The first-order chi connectivity index (χ1) is 10.7. The molecule has 0 spiro atoms. The minimum atomic E-state index is -0.953. The second-order valence-electron chi connectivity index (χ2n) is 6.68. The molecule has 0 aliphatic rings. The molecular formula is C18H28N2O3. The number of hydrogen-bond donors (Lipinski definition) is 0. The number of amides is 1. The summed E-state index contributed by atoms with van der Waals surface area (Å²) in [7, 11) is 0. The molecule has 0 aromatic carbocycles. The van der Waals surface area contributed by atoms with Crippen LogP contribution in [0.15, 0.2) is 24.4 Å². The van der Waals surface area contributed by atoms with Gasteiger partial charge in [-0.05, 0) is 45.7 Å². The molecule has 1 amide bonds. The Bertz CT molecular complexity index is 504. The van der Waals surface area contributed by atoms with Gasteiger partial charge in [0, 0.05) is 24.7 Å². The highest BCUT2D eigenvalue weighted by molar-refractivity contribution is 5.86. The van der Waals surface area contributed by atoms with Gasteiger partial charge in [-0.15, -0.1) is 0 Å². The summed E-state index contributed by atoms with van der Waals surface area (Å²) >= 11 is 0. The normalized spacial score (nSPS) is 12.6. The van der Waals surface area contributed by atoms with Crippen LogP contribution in [0.3, 0.4) is 0 Å². The summed E-state index contributed by atoms with van der Waals surface area (Å²) in [6, 6.07) is 5.25. The molecule has 1 atom stereocenters. The highest BCUT2D eigenvalue weighted by Crippen LogP contribution is 2.22. The topological polar surface area (TPSA) is 59.5 Å².